The molecule has 6 nitrogen and oxygen atoms in total. The zero-order valence-corrected chi connectivity index (χ0v) is 19.4. The Labute approximate surface area is 196 Å². The molecule has 0 fully saturated rings. The van der Waals surface area contributed by atoms with Gasteiger partial charge in [-0.25, -0.2) is 22.8 Å². The first-order chi connectivity index (χ1) is 15.8. The van der Waals surface area contributed by atoms with Crippen LogP contribution in [0, 0.1) is 5.82 Å². The molecular formula is C24H21ClFN3O3S. The van der Waals surface area contributed by atoms with E-state index in [4.69, 9.17) is 16.3 Å². The predicted octanol–water partition coefficient (Wildman–Crippen LogP) is 4.86. The van der Waals surface area contributed by atoms with Crippen LogP contribution in [0.15, 0.2) is 76.7 Å². The highest BCUT2D eigenvalue weighted by Gasteiger charge is 2.16. The fraction of sp³-hybridized carbons (Fsp3) is 0.167. The van der Waals surface area contributed by atoms with Gasteiger partial charge in [-0.1, -0.05) is 35.9 Å². The molecule has 0 aromatic heterocycles. The molecule has 0 saturated carbocycles. The van der Waals surface area contributed by atoms with Gasteiger partial charge in [0.15, 0.2) is 15.7 Å². The van der Waals surface area contributed by atoms with Crippen LogP contribution in [0.25, 0.3) is 0 Å². The van der Waals surface area contributed by atoms with Crippen molar-refractivity contribution in [1.29, 1.82) is 0 Å². The SMILES string of the molecule is CS(=O)(=O)Cc1cccc(N2C=NC(c3ccc(F)cc3OCc3cccc(Cl)c3)=NC2)c1. The van der Waals surface area contributed by atoms with Crippen LogP contribution >= 0.6 is 11.6 Å². The lowest BCUT2D eigenvalue weighted by atomic mass is 10.1. The first-order valence-electron chi connectivity index (χ1n) is 10.1. The maximum atomic E-state index is 13.9. The lowest BCUT2D eigenvalue weighted by Crippen LogP contribution is -2.26. The van der Waals surface area contributed by atoms with Crippen molar-refractivity contribution in [2.45, 2.75) is 12.4 Å². The van der Waals surface area contributed by atoms with Crippen molar-refractivity contribution in [3.05, 3.63) is 94.3 Å². The maximum Gasteiger partial charge on any atom is 0.161 e. The van der Waals surface area contributed by atoms with Crippen LogP contribution in [0.5, 0.6) is 5.75 Å². The number of ether oxygens (including phenoxy) is 1. The highest BCUT2D eigenvalue weighted by molar-refractivity contribution is 7.89. The number of aliphatic imine (C=N–C) groups is 2. The quantitative estimate of drug-likeness (QED) is 0.479. The Kier molecular flexibility index (Phi) is 6.76. The molecule has 0 bridgehead atoms. The normalized spacial score (nSPS) is 13.7. The molecule has 0 atom stereocenters. The molecule has 4 rings (SSSR count). The second kappa shape index (κ2) is 9.72. The number of hydrogen-bond donors (Lipinski definition) is 0. The van der Waals surface area contributed by atoms with E-state index in [1.165, 1.54) is 18.4 Å². The Morgan fingerprint density at radius 2 is 1.85 bits per heavy atom. The average Bonchev–Trinajstić information content (AvgIpc) is 2.77. The van der Waals surface area contributed by atoms with Gasteiger partial charge < -0.3 is 9.64 Å². The molecule has 1 aliphatic heterocycles. The van der Waals surface area contributed by atoms with Gasteiger partial charge in [0.05, 0.1) is 17.7 Å². The van der Waals surface area contributed by atoms with Crippen molar-refractivity contribution in [2.24, 2.45) is 9.98 Å². The van der Waals surface area contributed by atoms with Gasteiger partial charge in [0, 0.05) is 23.0 Å². The van der Waals surface area contributed by atoms with Crippen molar-refractivity contribution in [3.63, 3.8) is 0 Å². The highest BCUT2D eigenvalue weighted by Crippen LogP contribution is 2.25. The molecule has 1 heterocycles. The van der Waals surface area contributed by atoms with Gasteiger partial charge in [-0.15, -0.1) is 0 Å². The number of sulfone groups is 1. The Balaban J connectivity index is 1.51. The minimum atomic E-state index is -3.14. The van der Waals surface area contributed by atoms with E-state index >= 15 is 0 Å². The Morgan fingerprint density at radius 1 is 1.06 bits per heavy atom. The largest absolute Gasteiger partial charge is 0.488 e. The molecule has 0 spiro atoms. The van der Waals surface area contributed by atoms with E-state index in [1.807, 2.05) is 18.2 Å². The first-order valence-corrected chi connectivity index (χ1v) is 12.5. The third kappa shape index (κ3) is 6.18. The molecule has 0 saturated heterocycles. The lowest BCUT2D eigenvalue weighted by Gasteiger charge is -2.22. The molecule has 0 unspecified atom stereocenters. The third-order valence-electron chi connectivity index (χ3n) is 4.83. The summed E-state index contributed by atoms with van der Waals surface area (Å²) in [6.45, 7) is 0.486. The van der Waals surface area contributed by atoms with E-state index < -0.39 is 15.7 Å². The molecule has 0 amide bonds. The molecule has 0 radical (unpaired) electrons. The molecule has 33 heavy (non-hydrogen) atoms. The molecule has 9 heteroatoms. The monoisotopic (exact) mass is 485 g/mol. The Bertz CT molecular complexity index is 1340. The number of anilines is 1. The minimum absolute atomic E-state index is 0.0384. The predicted molar refractivity (Wildman–Crippen MR) is 130 cm³/mol. The summed E-state index contributed by atoms with van der Waals surface area (Å²) in [5.74, 6) is 0.280. The van der Waals surface area contributed by atoms with Gasteiger partial charge in [-0.2, -0.15) is 0 Å². The molecule has 1 aliphatic rings. The zero-order valence-electron chi connectivity index (χ0n) is 17.8. The van der Waals surface area contributed by atoms with E-state index in [-0.39, 0.29) is 19.0 Å². The number of halogens is 2. The lowest BCUT2D eigenvalue weighted by molar-refractivity contribution is 0.304. The summed E-state index contributed by atoms with van der Waals surface area (Å²) in [4.78, 5) is 10.8. The van der Waals surface area contributed by atoms with Crippen molar-refractivity contribution < 1.29 is 17.5 Å². The van der Waals surface area contributed by atoms with Gasteiger partial charge in [-0.05, 0) is 47.5 Å². The van der Waals surface area contributed by atoms with Gasteiger partial charge in [-0.3, -0.25) is 0 Å². The van der Waals surface area contributed by atoms with Crippen LogP contribution in [0.4, 0.5) is 10.1 Å². The number of benzene rings is 3. The van der Waals surface area contributed by atoms with Crippen molar-refractivity contribution >= 4 is 39.3 Å². The highest BCUT2D eigenvalue weighted by atomic mass is 35.5. The van der Waals surface area contributed by atoms with Crippen molar-refractivity contribution in [1.82, 2.24) is 0 Å². The fourth-order valence-corrected chi connectivity index (χ4v) is 4.36. The van der Waals surface area contributed by atoms with E-state index in [9.17, 15) is 12.8 Å². The van der Waals surface area contributed by atoms with Crippen LogP contribution in [0.2, 0.25) is 5.02 Å². The van der Waals surface area contributed by atoms with E-state index in [2.05, 4.69) is 9.98 Å². The summed E-state index contributed by atoms with van der Waals surface area (Å²) < 4.78 is 43.0. The summed E-state index contributed by atoms with van der Waals surface area (Å²) in [5.41, 5.74) is 2.89. The van der Waals surface area contributed by atoms with Gasteiger partial charge in [0.25, 0.3) is 0 Å². The van der Waals surface area contributed by atoms with Gasteiger partial charge in [0.1, 0.15) is 24.8 Å². The van der Waals surface area contributed by atoms with Gasteiger partial charge in [0.2, 0.25) is 0 Å². The van der Waals surface area contributed by atoms with Crippen LogP contribution in [-0.4, -0.2) is 33.5 Å². The van der Waals surface area contributed by atoms with Crippen LogP contribution in [0.1, 0.15) is 16.7 Å². The zero-order chi connectivity index (χ0) is 23.4. The minimum Gasteiger partial charge on any atom is -0.488 e. The Hall–Kier alpha value is -3.23. The fourth-order valence-electron chi connectivity index (χ4n) is 3.36. The van der Waals surface area contributed by atoms with Gasteiger partial charge >= 0.3 is 0 Å². The summed E-state index contributed by atoms with van der Waals surface area (Å²) in [6.07, 6.45) is 2.82. The van der Waals surface area contributed by atoms with E-state index in [0.29, 0.717) is 27.7 Å². The molecule has 3 aromatic carbocycles. The Morgan fingerprint density at radius 3 is 2.58 bits per heavy atom. The van der Waals surface area contributed by atoms with Crippen LogP contribution < -0.4 is 9.64 Å². The molecular weight excluding hydrogens is 465 g/mol. The number of nitrogens with zero attached hydrogens (tertiary/aromatic N) is 3. The van der Waals surface area contributed by atoms with Crippen molar-refractivity contribution in [2.75, 3.05) is 17.8 Å². The number of amidine groups is 1. The second-order valence-corrected chi connectivity index (χ2v) is 10.2. The molecule has 0 aliphatic carbocycles. The summed E-state index contributed by atoms with van der Waals surface area (Å²) in [7, 11) is -3.14. The van der Waals surface area contributed by atoms with E-state index in [1.54, 1.807) is 47.6 Å². The summed E-state index contributed by atoms with van der Waals surface area (Å²) in [6, 6.07) is 18.7. The topological polar surface area (TPSA) is 71.3 Å². The molecule has 3 aromatic rings. The van der Waals surface area contributed by atoms with Crippen LogP contribution in [-0.2, 0) is 22.2 Å². The maximum absolute atomic E-state index is 13.9. The summed E-state index contributed by atoms with van der Waals surface area (Å²) >= 11 is 6.02. The van der Waals surface area contributed by atoms with Crippen molar-refractivity contribution in [3.8, 4) is 5.75 Å². The molecule has 170 valence electrons. The first kappa shape index (κ1) is 22.9. The molecule has 0 N–H and O–H groups in total. The van der Waals surface area contributed by atoms with Crippen LogP contribution in [0.3, 0.4) is 0 Å². The summed E-state index contributed by atoms with van der Waals surface area (Å²) in [5, 5.41) is 0.595. The number of rotatable bonds is 7. The van der Waals surface area contributed by atoms with E-state index in [0.717, 1.165) is 11.3 Å². The third-order valence-corrected chi connectivity index (χ3v) is 5.92. The average molecular weight is 486 g/mol. The smallest absolute Gasteiger partial charge is 0.161 e. The standard InChI is InChI=1S/C24H21ClFN3O3S/c1-33(30,31)14-18-5-3-7-21(11-18)29-15-27-24(28-16-29)22-9-8-20(26)12-23(22)32-13-17-4-2-6-19(25)10-17/h2-12,15H,13-14,16H2,1H3. The number of hydrogen-bond acceptors (Lipinski definition) is 6. The second-order valence-electron chi connectivity index (χ2n) is 7.64.